The fourth-order valence-electron chi connectivity index (χ4n) is 5.01. The molecule has 2 heterocycles. The predicted molar refractivity (Wildman–Crippen MR) is 143 cm³/mol. The van der Waals surface area contributed by atoms with Gasteiger partial charge in [-0.1, -0.05) is 78.9 Å². The lowest BCUT2D eigenvalue weighted by molar-refractivity contribution is -0.143. The minimum atomic E-state index is -4.01. The van der Waals surface area contributed by atoms with Crippen LogP contribution in [-0.4, -0.2) is 31.2 Å². The number of hydrogen-bond acceptors (Lipinski definition) is 7. The SMILES string of the molecule is O=C1[C@H]2[C@H](ON(c3ccccc3)[C@@H]2c2ccc(OS(=O)(=O)c3ccccc3)cc2)C(=O)N1Cc1ccccc1. The average molecular weight is 541 g/mol. The maximum atomic E-state index is 13.7. The summed E-state index contributed by atoms with van der Waals surface area (Å²) < 4.78 is 30.6. The van der Waals surface area contributed by atoms with E-state index >= 15 is 0 Å². The zero-order chi connectivity index (χ0) is 27.0. The zero-order valence-corrected chi connectivity index (χ0v) is 21.5. The number of likely N-dealkylation sites (tertiary alicyclic amines) is 1. The van der Waals surface area contributed by atoms with E-state index in [4.69, 9.17) is 9.02 Å². The lowest BCUT2D eigenvalue weighted by Crippen LogP contribution is -2.36. The number of nitrogens with zero attached hydrogens (tertiary/aromatic N) is 2. The summed E-state index contributed by atoms with van der Waals surface area (Å²) in [6, 6.07) is 32.3. The van der Waals surface area contributed by atoms with Gasteiger partial charge in [0.15, 0.2) is 6.10 Å². The molecular weight excluding hydrogens is 516 g/mol. The van der Waals surface area contributed by atoms with Crippen molar-refractivity contribution in [2.45, 2.75) is 23.6 Å². The fourth-order valence-corrected chi connectivity index (χ4v) is 5.96. The number of hydroxylamine groups is 1. The Balaban J connectivity index is 1.31. The molecule has 2 fully saturated rings. The van der Waals surface area contributed by atoms with Crippen molar-refractivity contribution in [2.75, 3.05) is 5.06 Å². The Bertz CT molecular complexity index is 1600. The predicted octanol–water partition coefficient (Wildman–Crippen LogP) is 4.50. The van der Waals surface area contributed by atoms with E-state index in [9.17, 15) is 18.0 Å². The second kappa shape index (κ2) is 10.0. The van der Waals surface area contributed by atoms with Crippen molar-refractivity contribution >= 4 is 27.6 Å². The van der Waals surface area contributed by atoms with E-state index in [-0.39, 0.29) is 29.0 Å². The van der Waals surface area contributed by atoms with Gasteiger partial charge in [0.25, 0.3) is 5.91 Å². The molecule has 0 unspecified atom stereocenters. The van der Waals surface area contributed by atoms with Gasteiger partial charge in [-0.15, -0.1) is 0 Å². The summed E-state index contributed by atoms with van der Waals surface area (Å²) in [6.07, 6.45) is -0.971. The van der Waals surface area contributed by atoms with Crippen molar-refractivity contribution in [3.8, 4) is 5.75 Å². The molecule has 0 radical (unpaired) electrons. The van der Waals surface area contributed by atoms with Crippen LogP contribution in [0.3, 0.4) is 0 Å². The highest BCUT2D eigenvalue weighted by Gasteiger charge is 2.59. The summed E-state index contributed by atoms with van der Waals surface area (Å²) in [4.78, 5) is 34.5. The summed E-state index contributed by atoms with van der Waals surface area (Å²) in [5.41, 5.74) is 2.22. The normalized spacial score (nSPS) is 20.8. The molecule has 4 aromatic rings. The number of anilines is 1. The van der Waals surface area contributed by atoms with Crippen LogP contribution in [0.25, 0.3) is 0 Å². The standard InChI is InChI=1S/C30H24N2O6S/c33-29-26-27(22-16-18-24(19-17-22)38-39(35,36)25-14-8-3-9-15-25)32(23-12-6-2-7-13-23)37-28(26)30(34)31(29)20-21-10-4-1-5-11-21/h1-19,26-28H,20H2/t26-,27-,28+/m1/s1. The smallest absolute Gasteiger partial charge is 0.339 e. The van der Waals surface area contributed by atoms with Crippen LogP contribution >= 0.6 is 0 Å². The minimum absolute atomic E-state index is 0.0462. The number of hydrogen-bond donors (Lipinski definition) is 0. The van der Waals surface area contributed by atoms with Crippen LogP contribution in [0.15, 0.2) is 120 Å². The molecule has 2 saturated heterocycles. The number of rotatable bonds is 7. The first-order valence-corrected chi connectivity index (χ1v) is 13.8. The highest BCUT2D eigenvalue weighted by Crippen LogP contribution is 2.47. The van der Waals surface area contributed by atoms with Gasteiger partial charge in [-0.25, -0.2) is 5.06 Å². The van der Waals surface area contributed by atoms with E-state index in [2.05, 4.69) is 0 Å². The summed E-state index contributed by atoms with van der Waals surface area (Å²) in [5, 5.41) is 1.60. The molecule has 4 aromatic carbocycles. The Kier molecular flexibility index (Phi) is 6.38. The van der Waals surface area contributed by atoms with E-state index in [1.165, 1.54) is 29.2 Å². The first-order valence-electron chi connectivity index (χ1n) is 12.4. The highest BCUT2D eigenvalue weighted by atomic mass is 32.2. The molecule has 3 atom stereocenters. The molecule has 6 rings (SSSR count). The fraction of sp³-hybridized carbons (Fsp3) is 0.133. The van der Waals surface area contributed by atoms with Gasteiger partial charge < -0.3 is 4.18 Å². The molecule has 2 aliphatic rings. The molecule has 0 N–H and O–H groups in total. The maximum Gasteiger partial charge on any atom is 0.339 e. The third-order valence-electron chi connectivity index (χ3n) is 6.86. The van der Waals surface area contributed by atoms with Gasteiger partial charge in [0.2, 0.25) is 5.91 Å². The van der Waals surface area contributed by atoms with E-state index in [1.54, 1.807) is 35.4 Å². The monoisotopic (exact) mass is 540 g/mol. The van der Waals surface area contributed by atoms with E-state index in [0.29, 0.717) is 11.3 Å². The van der Waals surface area contributed by atoms with Crippen molar-refractivity contribution in [3.63, 3.8) is 0 Å². The van der Waals surface area contributed by atoms with Gasteiger partial charge in [-0.2, -0.15) is 8.42 Å². The van der Waals surface area contributed by atoms with Gasteiger partial charge >= 0.3 is 10.1 Å². The number of amides is 2. The van der Waals surface area contributed by atoms with E-state index in [0.717, 1.165) is 5.56 Å². The van der Waals surface area contributed by atoms with Crippen molar-refractivity contribution in [1.29, 1.82) is 0 Å². The van der Waals surface area contributed by atoms with Crippen LogP contribution < -0.4 is 9.25 Å². The number of carbonyl (C=O) groups is 2. The molecule has 39 heavy (non-hydrogen) atoms. The molecule has 0 aliphatic carbocycles. The van der Waals surface area contributed by atoms with Gasteiger partial charge in [0.1, 0.15) is 16.6 Å². The van der Waals surface area contributed by atoms with Crippen LogP contribution in [0, 0.1) is 5.92 Å². The topological polar surface area (TPSA) is 93.2 Å². The second-order valence-corrected chi connectivity index (χ2v) is 10.9. The van der Waals surface area contributed by atoms with Crippen molar-refractivity contribution in [2.24, 2.45) is 5.92 Å². The molecule has 0 bridgehead atoms. The van der Waals surface area contributed by atoms with Gasteiger partial charge in [-0.3, -0.25) is 19.3 Å². The quantitative estimate of drug-likeness (QED) is 0.252. The van der Waals surface area contributed by atoms with Crippen molar-refractivity contribution in [3.05, 3.63) is 126 Å². The first kappa shape index (κ1) is 24.8. The van der Waals surface area contributed by atoms with Crippen LogP contribution in [0.1, 0.15) is 17.2 Å². The van der Waals surface area contributed by atoms with Crippen LogP contribution in [0.4, 0.5) is 5.69 Å². The largest absolute Gasteiger partial charge is 0.379 e. The van der Waals surface area contributed by atoms with Gasteiger partial charge in [-0.05, 0) is 47.5 Å². The van der Waals surface area contributed by atoms with Gasteiger partial charge in [0.05, 0.1) is 18.3 Å². The number of imide groups is 1. The third kappa shape index (κ3) is 4.67. The number of fused-ring (bicyclic) bond motifs is 1. The Morgan fingerprint density at radius 1 is 0.718 bits per heavy atom. The highest BCUT2D eigenvalue weighted by molar-refractivity contribution is 7.87. The van der Waals surface area contributed by atoms with Crippen molar-refractivity contribution in [1.82, 2.24) is 4.90 Å². The summed E-state index contributed by atoms with van der Waals surface area (Å²) in [5.74, 6) is -1.35. The van der Waals surface area contributed by atoms with Crippen molar-refractivity contribution < 1.29 is 27.0 Å². The van der Waals surface area contributed by atoms with Crippen LogP contribution in [0.5, 0.6) is 5.75 Å². The van der Waals surface area contributed by atoms with Gasteiger partial charge in [0, 0.05) is 0 Å². The minimum Gasteiger partial charge on any atom is -0.379 e. The zero-order valence-electron chi connectivity index (χ0n) is 20.7. The third-order valence-corrected chi connectivity index (χ3v) is 8.12. The Morgan fingerprint density at radius 3 is 1.95 bits per heavy atom. The molecular formula is C30H24N2O6S. The molecule has 2 aliphatic heterocycles. The maximum absolute atomic E-state index is 13.7. The molecule has 8 nitrogen and oxygen atoms in total. The Morgan fingerprint density at radius 2 is 1.31 bits per heavy atom. The molecule has 9 heteroatoms. The summed E-state index contributed by atoms with van der Waals surface area (Å²) in [7, 11) is -4.01. The lowest BCUT2D eigenvalue weighted by atomic mass is 9.90. The molecule has 0 saturated carbocycles. The Labute approximate surface area is 226 Å². The number of benzene rings is 4. The number of para-hydroxylation sites is 1. The van der Waals surface area contributed by atoms with Crippen LogP contribution in [0.2, 0.25) is 0 Å². The average Bonchev–Trinajstić information content (AvgIpc) is 3.47. The molecule has 2 amide bonds. The first-order chi connectivity index (χ1) is 18.9. The molecule has 0 aromatic heterocycles. The lowest BCUT2D eigenvalue weighted by Gasteiger charge is -2.28. The van der Waals surface area contributed by atoms with E-state index < -0.39 is 28.2 Å². The Hall–Kier alpha value is -4.47. The van der Waals surface area contributed by atoms with Crippen LogP contribution in [-0.2, 0) is 31.1 Å². The summed E-state index contributed by atoms with van der Waals surface area (Å²) >= 11 is 0. The summed E-state index contributed by atoms with van der Waals surface area (Å²) in [6.45, 7) is 0.164. The van der Waals surface area contributed by atoms with E-state index in [1.807, 2.05) is 60.7 Å². The molecule has 196 valence electrons. The molecule has 0 spiro atoms. The number of carbonyl (C=O) groups excluding carboxylic acids is 2. The second-order valence-electron chi connectivity index (χ2n) is 9.33.